The number of thioether (sulfide) groups is 1. The van der Waals surface area contributed by atoms with Crippen LogP contribution in [0.4, 0.5) is 0 Å². The van der Waals surface area contributed by atoms with Crippen molar-refractivity contribution in [2.24, 2.45) is 5.73 Å². The molecular weight excluding hydrogens is 312 g/mol. The maximum absolute atomic E-state index is 10.9. The van der Waals surface area contributed by atoms with Crippen molar-refractivity contribution in [2.75, 3.05) is 5.75 Å². The number of carbonyl (C=O) groups is 1. The molecule has 0 radical (unpaired) electrons. The van der Waals surface area contributed by atoms with Gasteiger partial charge in [0.2, 0.25) is 5.91 Å². The summed E-state index contributed by atoms with van der Waals surface area (Å²) in [5, 5.41) is 8.87. The predicted molar refractivity (Wildman–Crippen MR) is 90.4 cm³/mol. The lowest BCUT2D eigenvalue weighted by molar-refractivity contribution is -0.115. The number of carbonyl (C=O) groups excluding carboxylic acids is 1. The van der Waals surface area contributed by atoms with Gasteiger partial charge in [-0.1, -0.05) is 30.0 Å². The third kappa shape index (κ3) is 4.35. The molecule has 0 aliphatic rings. The average Bonchev–Trinajstić information content (AvgIpc) is 2.89. The maximum Gasteiger partial charge on any atom is 0.227 e. The van der Waals surface area contributed by atoms with Crippen molar-refractivity contribution in [1.29, 1.82) is 0 Å². The summed E-state index contributed by atoms with van der Waals surface area (Å²) in [4.78, 5) is 10.9. The fourth-order valence-corrected chi connectivity index (χ4v) is 2.71. The van der Waals surface area contributed by atoms with E-state index in [2.05, 4.69) is 16.8 Å². The number of rotatable bonds is 8. The Labute approximate surface area is 139 Å². The topological polar surface area (TPSA) is 83.0 Å². The van der Waals surface area contributed by atoms with Gasteiger partial charge < -0.3 is 10.5 Å². The van der Waals surface area contributed by atoms with Gasteiger partial charge >= 0.3 is 0 Å². The number of aryl methyl sites for hydroxylation is 1. The first-order chi connectivity index (χ1) is 11.0. The van der Waals surface area contributed by atoms with E-state index >= 15 is 0 Å². The molecule has 0 bridgehead atoms. The van der Waals surface area contributed by atoms with Crippen molar-refractivity contribution in [1.82, 2.24) is 14.8 Å². The number of amides is 1. The van der Waals surface area contributed by atoms with Gasteiger partial charge in [0, 0.05) is 6.54 Å². The van der Waals surface area contributed by atoms with Crippen molar-refractivity contribution in [3.63, 3.8) is 0 Å². The Hall–Kier alpha value is -2.28. The molecule has 2 N–H and O–H groups in total. The Bertz CT molecular complexity index is 712. The van der Waals surface area contributed by atoms with E-state index in [1.807, 2.05) is 36.6 Å². The summed E-state index contributed by atoms with van der Waals surface area (Å²) in [5.41, 5.74) is 7.45. The molecule has 2 aromatic rings. The molecule has 1 heterocycles. The van der Waals surface area contributed by atoms with Crippen LogP contribution in [0.1, 0.15) is 17.0 Å². The maximum atomic E-state index is 10.9. The largest absolute Gasteiger partial charge is 0.485 e. The quantitative estimate of drug-likeness (QED) is 0.592. The number of benzene rings is 1. The average molecular weight is 332 g/mol. The van der Waals surface area contributed by atoms with Crippen LogP contribution in [0.15, 0.2) is 36.0 Å². The standard InChI is InChI=1S/C16H20N4O2S/c1-4-8-20-15(18-19-16(20)23-10-14(17)21)9-22-13-7-5-6-11(2)12(13)3/h4-7H,1,8-10H2,2-3H3,(H2,17,21). The van der Waals surface area contributed by atoms with E-state index in [-0.39, 0.29) is 5.75 Å². The van der Waals surface area contributed by atoms with Crippen LogP contribution in [0.5, 0.6) is 5.75 Å². The molecule has 6 nitrogen and oxygen atoms in total. The van der Waals surface area contributed by atoms with Gasteiger partial charge in [-0.25, -0.2) is 0 Å². The molecule has 0 atom stereocenters. The second-order valence-corrected chi connectivity index (χ2v) is 5.98. The van der Waals surface area contributed by atoms with E-state index < -0.39 is 5.91 Å². The molecule has 1 amide bonds. The molecule has 0 saturated heterocycles. The minimum Gasteiger partial charge on any atom is -0.485 e. The van der Waals surface area contributed by atoms with Gasteiger partial charge in [-0.2, -0.15) is 0 Å². The monoisotopic (exact) mass is 332 g/mol. The summed E-state index contributed by atoms with van der Waals surface area (Å²) in [7, 11) is 0. The molecule has 0 fully saturated rings. The molecule has 1 aromatic carbocycles. The number of hydrogen-bond acceptors (Lipinski definition) is 5. The van der Waals surface area contributed by atoms with E-state index in [0.29, 0.717) is 24.1 Å². The highest BCUT2D eigenvalue weighted by Gasteiger charge is 2.13. The highest BCUT2D eigenvalue weighted by atomic mass is 32.2. The summed E-state index contributed by atoms with van der Waals surface area (Å²) >= 11 is 1.25. The van der Waals surface area contributed by atoms with Gasteiger partial charge in [0.25, 0.3) is 0 Å². The molecule has 0 aliphatic carbocycles. The van der Waals surface area contributed by atoms with Crippen LogP contribution in [-0.2, 0) is 17.9 Å². The highest BCUT2D eigenvalue weighted by molar-refractivity contribution is 7.99. The summed E-state index contributed by atoms with van der Waals surface area (Å²) in [6.07, 6.45) is 1.75. The van der Waals surface area contributed by atoms with Gasteiger partial charge in [0.05, 0.1) is 5.75 Å². The van der Waals surface area contributed by atoms with Crippen molar-refractivity contribution in [3.8, 4) is 5.75 Å². The van der Waals surface area contributed by atoms with E-state index in [0.717, 1.165) is 11.3 Å². The third-order valence-electron chi connectivity index (χ3n) is 3.36. The molecule has 7 heteroatoms. The van der Waals surface area contributed by atoms with Crippen LogP contribution in [0, 0.1) is 13.8 Å². The van der Waals surface area contributed by atoms with Crippen LogP contribution < -0.4 is 10.5 Å². The first-order valence-electron chi connectivity index (χ1n) is 7.16. The Balaban J connectivity index is 2.14. The molecule has 0 unspecified atom stereocenters. The van der Waals surface area contributed by atoms with Crippen molar-refractivity contribution < 1.29 is 9.53 Å². The van der Waals surface area contributed by atoms with E-state index in [1.165, 1.54) is 17.3 Å². The second kappa shape index (κ2) is 7.82. The minimum atomic E-state index is -0.392. The Kier molecular flexibility index (Phi) is 5.81. The second-order valence-electron chi connectivity index (χ2n) is 5.04. The highest BCUT2D eigenvalue weighted by Crippen LogP contribution is 2.22. The Morgan fingerprint density at radius 2 is 2.22 bits per heavy atom. The number of primary amides is 1. The van der Waals surface area contributed by atoms with Crippen LogP contribution in [0.3, 0.4) is 0 Å². The van der Waals surface area contributed by atoms with Crippen LogP contribution in [0.2, 0.25) is 0 Å². The SMILES string of the molecule is C=CCn1c(COc2cccc(C)c2C)nnc1SCC(N)=O. The van der Waals surface area contributed by atoms with E-state index in [4.69, 9.17) is 10.5 Å². The van der Waals surface area contributed by atoms with E-state index in [1.54, 1.807) is 6.08 Å². The van der Waals surface area contributed by atoms with Gasteiger partial charge in [-0.05, 0) is 31.0 Å². The van der Waals surface area contributed by atoms with E-state index in [9.17, 15) is 4.79 Å². The third-order valence-corrected chi connectivity index (χ3v) is 4.35. The zero-order valence-corrected chi connectivity index (χ0v) is 14.1. The lowest BCUT2D eigenvalue weighted by Crippen LogP contribution is -2.14. The molecule has 0 aliphatic heterocycles. The number of hydrogen-bond donors (Lipinski definition) is 1. The molecule has 0 spiro atoms. The lowest BCUT2D eigenvalue weighted by atomic mass is 10.1. The normalized spacial score (nSPS) is 10.5. The smallest absolute Gasteiger partial charge is 0.227 e. The molecular formula is C16H20N4O2S. The molecule has 23 heavy (non-hydrogen) atoms. The van der Waals surface area contributed by atoms with Crippen LogP contribution in [-0.4, -0.2) is 26.4 Å². The first-order valence-corrected chi connectivity index (χ1v) is 8.14. The zero-order chi connectivity index (χ0) is 16.8. The predicted octanol–water partition coefficient (Wildman–Crippen LogP) is 2.24. The van der Waals surface area contributed by atoms with Gasteiger partial charge in [-0.3, -0.25) is 9.36 Å². The van der Waals surface area contributed by atoms with Crippen molar-refractivity contribution >= 4 is 17.7 Å². The lowest BCUT2D eigenvalue weighted by Gasteiger charge is -2.11. The fraction of sp³-hybridized carbons (Fsp3) is 0.312. The summed E-state index contributed by atoms with van der Waals surface area (Å²) in [6.45, 7) is 8.64. The van der Waals surface area contributed by atoms with Crippen LogP contribution >= 0.6 is 11.8 Å². The molecule has 122 valence electrons. The summed E-state index contributed by atoms with van der Waals surface area (Å²) in [5.74, 6) is 1.27. The van der Waals surface area contributed by atoms with Crippen LogP contribution in [0.25, 0.3) is 0 Å². The fourth-order valence-electron chi connectivity index (χ4n) is 2.00. The molecule has 1 aromatic heterocycles. The Morgan fingerprint density at radius 3 is 2.91 bits per heavy atom. The number of nitrogens with zero attached hydrogens (tertiary/aromatic N) is 3. The molecule has 2 rings (SSSR count). The summed E-state index contributed by atoms with van der Waals surface area (Å²) < 4.78 is 7.74. The van der Waals surface area contributed by atoms with Crippen molar-refractivity contribution in [2.45, 2.75) is 32.2 Å². The summed E-state index contributed by atoms with van der Waals surface area (Å²) in [6, 6.07) is 5.93. The number of allylic oxidation sites excluding steroid dienone is 1. The van der Waals surface area contributed by atoms with Gasteiger partial charge in [-0.15, -0.1) is 16.8 Å². The number of ether oxygens (including phenoxy) is 1. The number of aromatic nitrogens is 3. The Morgan fingerprint density at radius 1 is 1.43 bits per heavy atom. The molecule has 0 saturated carbocycles. The van der Waals surface area contributed by atoms with Gasteiger partial charge in [0.1, 0.15) is 12.4 Å². The zero-order valence-electron chi connectivity index (χ0n) is 13.3. The minimum absolute atomic E-state index is 0.160. The first kappa shape index (κ1) is 17.1. The van der Waals surface area contributed by atoms with Gasteiger partial charge in [0.15, 0.2) is 11.0 Å². The van der Waals surface area contributed by atoms with Crippen molar-refractivity contribution in [3.05, 3.63) is 47.8 Å². The number of nitrogens with two attached hydrogens (primary N) is 1.